The van der Waals surface area contributed by atoms with E-state index in [1.165, 1.54) is 12.5 Å². The van der Waals surface area contributed by atoms with Crippen LogP contribution in [-0.4, -0.2) is 191 Å². The van der Waals surface area contributed by atoms with Crippen molar-refractivity contribution >= 4 is 11.9 Å². The minimum atomic E-state index is -2.10. The normalized spacial score (nSPS) is 56.0. The predicted molar refractivity (Wildman–Crippen MR) is 233 cm³/mol. The summed E-state index contributed by atoms with van der Waals surface area (Å²) in [4.78, 5) is 25.1. The molecule has 5 aliphatic carbocycles. The first kappa shape index (κ1) is 52.4. The highest BCUT2D eigenvalue weighted by Crippen LogP contribution is 2.76. The molecule has 8 aliphatic rings. The van der Waals surface area contributed by atoms with E-state index in [4.69, 9.17) is 28.4 Å². The maximum atomic E-state index is 12.6. The maximum absolute atomic E-state index is 12.6. The molecular formula is C48H76O20. The fourth-order valence-electron chi connectivity index (χ4n) is 15.1. The molecule has 388 valence electrons. The molecule has 4 saturated carbocycles. The third-order valence-electron chi connectivity index (χ3n) is 19.8. The minimum absolute atomic E-state index is 0.114. The highest BCUT2D eigenvalue weighted by atomic mass is 16.8. The standard InChI is InChI=1S/C48H76O20/c1-20-28(52)30(54)34(58)39(63-20)67-36-31(55)29(53)23(18-49)64-40(36)68-37-33(57)32(56)35(38(59)60)66-41(37)65-27-11-12-45(4)24(46(27,5)19-50)10-13-48(7)25(45)9-8-21-22-16-43(2,42(61)62)17-26(51)44(22,3)14-15-47(21,48)6/h8,20,22-37,39-41,49-58H,9-19H2,1-7H3,(H,59,60)(H,61,62)/t20-,22-,23+,24?,25+,26+,27-,28-,29-,30+,31-,32-,33-,34+,35-,36+,37+,39-,40-,41+,43-,44+,45-,46+,47+,48+/m0/s1. The molecule has 20 nitrogen and oxygen atoms in total. The maximum Gasteiger partial charge on any atom is 0.335 e. The summed E-state index contributed by atoms with van der Waals surface area (Å²) in [7, 11) is 0. The number of hydrogen-bond donors (Lipinski definition) is 12. The van der Waals surface area contributed by atoms with E-state index in [9.17, 15) is 70.9 Å². The molecule has 3 heterocycles. The number of fused-ring (bicyclic) bond motifs is 7. The van der Waals surface area contributed by atoms with Crippen molar-refractivity contribution in [2.24, 2.45) is 50.2 Å². The van der Waals surface area contributed by atoms with Crippen molar-refractivity contribution in [2.45, 2.75) is 211 Å². The molecule has 0 aromatic rings. The van der Waals surface area contributed by atoms with Gasteiger partial charge in [0.25, 0.3) is 0 Å². The number of carboxylic acid groups (broad SMARTS) is 2. The van der Waals surface area contributed by atoms with Crippen LogP contribution in [0.3, 0.4) is 0 Å². The van der Waals surface area contributed by atoms with Crippen LogP contribution in [0.2, 0.25) is 0 Å². The highest BCUT2D eigenvalue weighted by molar-refractivity contribution is 5.74. The number of aliphatic hydroxyl groups is 10. The van der Waals surface area contributed by atoms with Gasteiger partial charge in [0.2, 0.25) is 0 Å². The van der Waals surface area contributed by atoms with E-state index in [1.54, 1.807) is 6.92 Å². The summed E-state index contributed by atoms with van der Waals surface area (Å²) in [5.41, 5.74) is -2.20. The van der Waals surface area contributed by atoms with Gasteiger partial charge < -0.3 is 89.7 Å². The summed E-state index contributed by atoms with van der Waals surface area (Å²) in [6.07, 6.45) is -20.6. The van der Waals surface area contributed by atoms with E-state index in [0.717, 1.165) is 19.3 Å². The van der Waals surface area contributed by atoms with Crippen LogP contribution in [0.15, 0.2) is 11.6 Å². The second-order valence-corrected chi connectivity index (χ2v) is 23.3. The zero-order valence-electron chi connectivity index (χ0n) is 40.0. The van der Waals surface area contributed by atoms with Crippen molar-refractivity contribution in [3.05, 3.63) is 11.6 Å². The number of ether oxygens (including phenoxy) is 6. The average molecular weight is 973 g/mol. The van der Waals surface area contributed by atoms with Crippen molar-refractivity contribution in [1.82, 2.24) is 0 Å². The van der Waals surface area contributed by atoms with Gasteiger partial charge >= 0.3 is 11.9 Å². The lowest BCUT2D eigenvalue weighted by atomic mass is 9.33. The first-order chi connectivity index (χ1) is 31.7. The predicted octanol–water partition coefficient (Wildman–Crippen LogP) is -0.231. The van der Waals surface area contributed by atoms with Crippen LogP contribution in [0.4, 0.5) is 0 Å². The molecule has 0 radical (unpaired) electrons. The zero-order valence-corrected chi connectivity index (χ0v) is 40.0. The Hall–Kier alpha value is -1.96. The van der Waals surface area contributed by atoms with Gasteiger partial charge in [-0.1, -0.05) is 46.3 Å². The van der Waals surface area contributed by atoms with Crippen LogP contribution >= 0.6 is 0 Å². The summed E-state index contributed by atoms with van der Waals surface area (Å²) >= 11 is 0. The van der Waals surface area contributed by atoms with Crippen molar-refractivity contribution in [2.75, 3.05) is 13.2 Å². The van der Waals surface area contributed by atoms with Crippen LogP contribution in [0, 0.1) is 50.2 Å². The number of aliphatic carboxylic acids is 2. The molecule has 0 aromatic heterocycles. The van der Waals surface area contributed by atoms with Crippen LogP contribution in [0.1, 0.15) is 106 Å². The van der Waals surface area contributed by atoms with Crippen LogP contribution in [0.25, 0.3) is 0 Å². The second kappa shape index (κ2) is 18.2. The lowest BCUT2D eigenvalue weighted by molar-refractivity contribution is -0.396. The molecule has 20 heteroatoms. The number of rotatable bonds is 10. The molecule has 7 fully saturated rings. The van der Waals surface area contributed by atoms with Crippen LogP contribution < -0.4 is 0 Å². The Bertz CT molecular complexity index is 1920. The fraction of sp³-hybridized carbons (Fsp3) is 0.917. The van der Waals surface area contributed by atoms with Gasteiger partial charge in [-0.25, -0.2) is 4.79 Å². The van der Waals surface area contributed by atoms with E-state index in [2.05, 4.69) is 33.8 Å². The van der Waals surface area contributed by atoms with Crippen molar-refractivity contribution in [3.8, 4) is 0 Å². The Morgan fingerprint density at radius 3 is 1.91 bits per heavy atom. The molecule has 26 atom stereocenters. The first-order valence-corrected chi connectivity index (χ1v) is 24.4. The van der Waals surface area contributed by atoms with Crippen molar-refractivity contribution < 1.29 is 99.3 Å². The Kier molecular flexibility index (Phi) is 14.0. The Morgan fingerprint density at radius 2 is 1.29 bits per heavy atom. The Morgan fingerprint density at radius 1 is 0.662 bits per heavy atom. The SMILES string of the molecule is C[C@@H]1O[C@@H](O[C@H]2[C@H](O[C@H]3[C@H](O[C@H]4CC[C@@]5(C)C(CC[C@]6(C)[C@@H]5CC=C5[C@@H]7C[C@](C)(C(=O)O)C[C@@H](O)[C@]7(C)CC[C@]56C)[C@@]4(C)CO)O[C@H](C(=O)O)[C@@H](O)[C@@H]3O)O[C@H](CO)[C@H](O)[C@@H]2O)[C@H](O)[C@H](O)[C@H]1O. The minimum Gasteiger partial charge on any atom is -0.481 e. The summed E-state index contributed by atoms with van der Waals surface area (Å²) in [6, 6.07) is 0. The van der Waals surface area contributed by atoms with Gasteiger partial charge in [0.1, 0.15) is 61.0 Å². The molecular weight excluding hydrogens is 897 g/mol. The first-order valence-electron chi connectivity index (χ1n) is 24.4. The summed E-state index contributed by atoms with van der Waals surface area (Å²) in [6.45, 7) is 12.9. The summed E-state index contributed by atoms with van der Waals surface area (Å²) in [5.74, 6) is -2.68. The number of allylic oxidation sites excluding steroid dienone is 2. The Labute approximate surface area is 396 Å². The highest BCUT2D eigenvalue weighted by Gasteiger charge is 2.70. The molecule has 3 aliphatic heterocycles. The molecule has 8 rings (SSSR count). The van der Waals surface area contributed by atoms with Crippen molar-refractivity contribution in [3.63, 3.8) is 0 Å². The average Bonchev–Trinajstić information content (AvgIpc) is 3.28. The Balaban J connectivity index is 1.08. The van der Waals surface area contributed by atoms with Crippen LogP contribution in [-0.2, 0) is 38.0 Å². The van der Waals surface area contributed by atoms with E-state index in [-0.39, 0.29) is 47.0 Å². The fourth-order valence-corrected chi connectivity index (χ4v) is 15.1. The lowest BCUT2D eigenvalue weighted by Gasteiger charge is -2.71. The van der Waals surface area contributed by atoms with Gasteiger partial charge in [-0.2, -0.15) is 0 Å². The number of aliphatic hydroxyl groups excluding tert-OH is 10. The lowest BCUT2D eigenvalue weighted by Crippen LogP contribution is -2.68. The van der Waals surface area contributed by atoms with E-state index >= 15 is 0 Å². The molecule has 12 N–H and O–H groups in total. The van der Waals surface area contributed by atoms with Gasteiger partial charge in [0, 0.05) is 10.8 Å². The third-order valence-corrected chi connectivity index (χ3v) is 19.8. The molecule has 1 unspecified atom stereocenters. The molecule has 68 heavy (non-hydrogen) atoms. The zero-order chi connectivity index (χ0) is 50.0. The van der Waals surface area contributed by atoms with E-state index in [1.807, 2.05) is 6.92 Å². The number of carbonyl (C=O) groups is 2. The third kappa shape index (κ3) is 7.85. The molecule has 3 saturated heterocycles. The quantitative estimate of drug-likeness (QED) is 0.0994. The topological polar surface area (TPSA) is 332 Å². The molecule has 0 aromatic carbocycles. The largest absolute Gasteiger partial charge is 0.481 e. The summed E-state index contributed by atoms with van der Waals surface area (Å²) < 4.78 is 36.1. The molecule has 0 spiro atoms. The van der Waals surface area contributed by atoms with Crippen molar-refractivity contribution in [1.29, 1.82) is 0 Å². The summed E-state index contributed by atoms with van der Waals surface area (Å²) in [5, 5.41) is 130. The van der Waals surface area contributed by atoms with Gasteiger partial charge in [-0.05, 0) is 106 Å². The van der Waals surface area contributed by atoms with Gasteiger partial charge in [-0.15, -0.1) is 0 Å². The van der Waals surface area contributed by atoms with Gasteiger partial charge in [0.15, 0.2) is 25.0 Å². The molecule has 0 bridgehead atoms. The number of carboxylic acids is 2. The molecule has 0 amide bonds. The number of hydrogen-bond acceptors (Lipinski definition) is 18. The van der Waals surface area contributed by atoms with Gasteiger partial charge in [-0.3, -0.25) is 4.79 Å². The van der Waals surface area contributed by atoms with Crippen LogP contribution in [0.5, 0.6) is 0 Å². The van der Waals surface area contributed by atoms with Gasteiger partial charge in [0.05, 0.1) is 36.9 Å². The van der Waals surface area contributed by atoms with E-state index in [0.29, 0.717) is 32.1 Å². The van der Waals surface area contributed by atoms with E-state index < -0.39 is 139 Å². The monoisotopic (exact) mass is 972 g/mol. The smallest absolute Gasteiger partial charge is 0.335 e. The second-order valence-electron chi connectivity index (χ2n) is 23.3.